The highest BCUT2D eigenvalue weighted by Crippen LogP contribution is 2.42. The van der Waals surface area contributed by atoms with Crippen LogP contribution in [0.25, 0.3) is 0 Å². The molecule has 0 aliphatic carbocycles. The summed E-state index contributed by atoms with van der Waals surface area (Å²) in [6.45, 7) is 4.06. The highest BCUT2D eigenvalue weighted by Gasteiger charge is 2.48. The molecular weight excluding hydrogens is 258 g/mol. The van der Waals surface area contributed by atoms with E-state index in [0.717, 1.165) is 25.9 Å². The van der Waals surface area contributed by atoms with Gasteiger partial charge in [-0.3, -0.25) is 0 Å². The standard InChI is InChI=1S/C15H21NO2S/c1-12-4-2-3-5-13(12)8-15(10-16-11-15)14-6-7-19(17,18)9-14/h2-5,14,16H,6-11H2,1H3. The molecule has 2 aliphatic rings. The third kappa shape index (κ3) is 2.43. The predicted octanol–water partition coefficient (Wildman–Crippen LogP) is 1.56. The quantitative estimate of drug-likeness (QED) is 0.913. The van der Waals surface area contributed by atoms with Crippen LogP contribution in [0, 0.1) is 18.3 Å². The van der Waals surface area contributed by atoms with Crippen LogP contribution in [-0.2, 0) is 16.3 Å². The molecule has 3 rings (SSSR count). The molecule has 0 radical (unpaired) electrons. The summed E-state index contributed by atoms with van der Waals surface area (Å²) in [5, 5.41) is 3.35. The Hall–Kier alpha value is -0.870. The Morgan fingerprint density at radius 1 is 1.32 bits per heavy atom. The number of rotatable bonds is 3. The third-order valence-electron chi connectivity index (χ3n) is 4.86. The molecule has 1 unspecified atom stereocenters. The second-order valence-corrected chi connectivity index (χ2v) is 8.40. The van der Waals surface area contributed by atoms with Crippen LogP contribution in [0.5, 0.6) is 0 Å². The van der Waals surface area contributed by atoms with Gasteiger partial charge in [0.2, 0.25) is 0 Å². The zero-order valence-corrected chi connectivity index (χ0v) is 12.2. The van der Waals surface area contributed by atoms with Gasteiger partial charge in [-0.1, -0.05) is 24.3 Å². The molecule has 3 nitrogen and oxygen atoms in total. The summed E-state index contributed by atoms with van der Waals surface area (Å²) in [7, 11) is -2.78. The maximum atomic E-state index is 11.7. The van der Waals surface area contributed by atoms with E-state index in [1.807, 2.05) is 0 Å². The second kappa shape index (κ2) is 4.60. The zero-order valence-electron chi connectivity index (χ0n) is 11.4. The van der Waals surface area contributed by atoms with Gasteiger partial charge in [0.15, 0.2) is 9.84 Å². The van der Waals surface area contributed by atoms with Gasteiger partial charge in [0, 0.05) is 18.5 Å². The van der Waals surface area contributed by atoms with Gasteiger partial charge in [0.05, 0.1) is 11.5 Å². The van der Waals surface area contributed by atoms with Gasteiger partial charge in [-0.25, -0.2) is 8.42 Å². The molecule has 0 aromatic heterocycles. The van der Waals surface area contributed by atoms with Gasteiger partial charge >= 0.3 is 0 Å². The largest absolute Gasteiger partial charge is 0.315 e. The summed E-state index contributed by atoms with van der Waals surface area (Å²) in [6.07, 6.45) is 1.85. The van der Waals surface area contributed by atoms with Crippen LogP contribution in [0.15, 0.2) is 24.3 Å². The minimum Gasteiger partial charge on any atom is -0.315 e. The highest BCUT2D eigenvalue weighted by molar-refractivity contribution is 7.91. The molecule has 0 spiro atoms. The minimum atomic E-state index is -2.78. The molecule has 1 aromatic rings. The Kier molecular flexibility index (Phi) is 3.18. The number of hydrogen-bond donors (Lipinski definition) is 1. The third-order valence-corrected chi connectivity index (χ3v) is 6.62. The van der Waals surface area contributed by atoms with Crippen LogP contribution in [0.3, 0.4) is 0 Å². The van der Waals surface area contributed by atoms with E-state index in [9.17, 15) is 8.42 Å². The van der Waals surface area contributed by atoms with E-state index in [4.69, 9.17) is 0 Å². The van der Waals surface area contributed by atoms with E-state index in [-0.39, 0.29) is 5.41 Å². The van der Waals surface area contributed by atoms with Crippen LogP contribution in [0.2, 0.25) is 0 Å². The molecule has 0 saturated carbocycles. The van der Waals surface area contributed by atoms with E-state index >= 15 is 0 Å². The Balaban J connectivity index is 1.83. The van der Waals surface area contributed by atoms with Gasteiger partial charge in [-0.15, -0.1) is 0 Å². The van der Waals surface area contributed by atoms with Crippen LogP contribution in [0.1, 0.15) is 17.5 Å². The molecule has 2 fully saturated rings. The topological polar surface area (TPSA) is 46.2 Å². The smallest absolute Gasteiger partial charge is 0.150 e. The van der Waals surface area contributed by atoms with E-state index in [1.165, 1.54) is 11.1 Å². The van der Waals surface area contributed by atoms with Crippen molar-refractivity contribution in [1.82, 2.24) is 5.32 Å². The summed E-state index contributed by atoms with van der Waals surface area (Å²) in [5.41, 5.74) is 2.85. The first-order chi connectivity index (χ1) is 9.01. The lowest BCUT2D eigenvalue weighted by atomic mass is 9.66. The van der Waals surface area contributed by atoms with Crippen molar-refractivity contribution in [2.45, 2.75) is 19.8 Å². The number of sulfone groups is 1. The molecule has 1 atom stereocenters. The van der Waals surface area contributed by atoms with Crippen LogP contribution >= 0.6 is 0 Å². The second-order valence-electron chi connectivity index (χ2n) is 6.17. The lowest BCUT2D eigenvalue weighted by molar-refractivity contribution is 0.0923. The van der Waals surface area contributed by atoms with E-state index in [2.05, 4.69) is 36.5 Å². The SMILES string of the molecule is Cc1ccccc1CC1(C2CCS(=O)(=O)C2)CNC1. The molecule has 1 aromatic carbocycles. The van der Waals surface area contributed by atoms with Gasteiger partial charge in [0.25, 0.3) is 0 Å². The average Bonchev–Trinajstić information content (AvgIpc) is 2.67. The van der Waals surface area contributed by atoms with Crippen molar-refractivity contribution in [2.24, 2.45) is 11.3 Å². The van der Waals surface area contributed by atoms with Gasteiger partial charge in [0.1, 0.15) is 0 Å². The van der Waals surface area contributed by atoms with Crippen LogP contribution < -0.4 is 5.32 Å². The maximum absolute atomic E-state index is 11.7. The number of nitrogens with one attached hydrogen (secondary N) is 1. The molecule has 2 saturated heterocycles. The van der Waals surface area contributed by atoms with E-state index < -0.39 is 9.84 Å². The maximum Gasteiger partial charge on any atom is 0.150 e. The van der Waals surface area contributed by atoms with Gasteiger partial charge in [-0.05, 0) is 36.8 Å². The van der Waals surface area contributed by atoms with Crippen molar-refractivity contribution in [3.05, 3.63) is 35.4 Å². The molecule has 4 heteroatoms. The number of aryl methyl sites for hydroxylation is 1. The molecule has 2 aliphatic heterocycles. The first-order valence-corrected chi connectivity index (χ1v) is 8.79. The fourth-order valence-corrected chi connectivity index (χ4v) is 5.41. The summed E-state index contributed by atoms with van der Waals surface area (Å²) >= 11 is 0. The van der Waals surface area contributed by atoms with Gasteiger partial charge in [-0.2, -0.15) is 0 Å². The van der Waals surface area contributed by atoms with Crippen LogP contribution in [-0.4, -0.2) is 33.0 Å². The van der Waals surface area contributed by atoms with Crippen molar-refractivity contribution in [2.75, 3.05) is 24.6 Å². The fourth-order valence-electron chi connectivity index (χ4n) is 3.47. The molecule has 2 heterocycles. The molecule has 0 bridgehead atoms. The molecule has 1 N–H and O–H groups in total. The first-order valence-electron chi connectivity index (χ1n) is 6.96. The molecule has 104 valence electrons. The molecule has 0 amide bonds. The Bertz CT molecular complexity index is 576. The summed E-state index contributed by atoms with van der Waals surface area (Å²) in [4.78, 5) is 0. The van der Waals surface area contributed by atoms with Crippen molar-refractivity contribution in [1.29, 1.82) is 0 Å². The normalized spacial score (nSPS) is 27.9. The van der Waals surface area contributed by atoms with E-state index in [1.54, 1.807) is 0 Å². The van der Waals surface area contributed by atoms with Crippen molar-refractivity contribution in [3.8, 4) is 0 Å². The predicted molar refractivity (Wildman–Crippen MR) is 76.9 cm³/mol. The van der Waals surface area contributed by atoms with E-state index in [0.29, 0.717) is 17.4 Å². The number of hydrogen-bond acceptors (Lipinski definition) is 3. The number of benzene rings is 1. The lowest BCUT2D eigenvalue weighted by Gasteiger charge is -2.47. The zero-order chi connectivity index (χ0) is 13.5. The van der Waals surface area contributed by atoms with Crippen LogP contribution in [0.4, 0.5) is 0 Å². The average molecular weight is 279 g/mol. The molecule has 19 heavy (non-hydrogen) atoms. The fraction of sp³-hybridized carbons (Fsp3) is 0.600. The van der Waals surface area contributed by atoms with Crippen molar-refractivity contribution in [3.63, 3.8) is 0 Å². The monoisotopic (exact) mass is 279 g/mol. The highest BCUT2D eigenvalue weighted by atomic mass is 32.2. The summed E-state index contributed by atoms with van der Waals surface area (Å²) in [6, 6.07) is 8.46. The Labute approximate surface area is 115 Å². The molecular formula is C15H21NO2S. The first kappa shape index (κ1) is 13.1. The van der Waals surface area contributed by atoms with Crippen molar-refractivity contribution < 1.29 is 8.42 Å². The van der Waals surface area contributed by atoms with Crippen molar-refractivity contribution >= 4 is 9.84 Å². The Morgan fingerprint density at radius 2 is 2.05 bits per heavy atom. The summed E-state index contributed by atoms with van der Waals surface area (Å²) in [5.74, 6) is 1.10. The van der Waals surface area contributed by atoms with Gasteiger partial charge < -0.3 is 5.32 Å². The summed E-state index contributed by atoms with van der Waals surface area (Å²) < 4.78 is 23.5. The lowest BCUT2D eigenvalue weighted by Crippen LogP contribution is -2.59. The minimum absolute atomic E-state index is 0.162. The Morgan fingerprint density at radius 3 is 2.58 bits per heavy atom.